The Kier molecular flexibility index (Phi) is 204. The largest absolute Gasteiger partial charge is 0.0149 e. The molecule has 0 radical (unpaired) electrons. The number of hydrogen-bond acceptors (Lipinski definition) is 0. The first-order valence-corrected chi connectivity index (χ1v) is 0. The fraction of sp³-hybridized carbons (Fsp3) is 0. The average Bonchev–Trinajstić information content (AvgIpc) is 0. The molecule has 0 saturated heterocycles. The standard InChI is InChI=1S/AsH3.Mo.H3P.H4Si/h1H3;;1H3;1H4. The van der Waals surface area contributed by atoms with E-state index in [1.165, 1.54) is 0 Å². The third kappa shape index (κ3) is 9.09. The molecule has 4 heavy (non-hydrogen) atoms. The molecule has 0 spiro atoms. The summed E-state index contributed by atoms with van der Waals surface area (Å²) in [5, 5.41) is 0. The molecule has 0 aromatic rings. The van der Waals surface area contributed by atoms with Gasteiger partial charge in [-0.25, -0.2) is 0 Å². The zero-order chi connectivity index (χ0) is 0. The van der Waals surface area contributed by atoms with Gasteiger partial charge < -0.3 is 0 Å². The second-order valence-electron chi connectivity index (χ2n) is 0. The van der Waals surface area contributed by atoms with Gasteiger partial charge in [-0.2, -0.15) is 9.90 Å². The van der Waals surface area contributed by atoms with Gasteiger partial charge in [0.1, 0.15) is 0 Å². The van der Waals surface area contributed by atoms with Crippen molar-refractivity contribution in [2.45, 2.75) is 0 Å². The first-order valence-electron chi connectivity index (χ1n) is 0. The molecule has 0 aromatic heterocycles. The molecule has 2 atom stereocenters. The van der Waals surface area contributed by atoms with Crippen LogP contribution in [0.4, 0.5) is 0 Å². The molecule has 0 aliphatic heterocycles. The molecule has 0 N–H and O–H groups in total. The van der Waals surface area contributed by atoms with E-state index >= 15 is 0 Å². The van der Waals surface area contributed by atoms with Crippen molar-refractivity contribution >= 4 is 38.8 Å². The predicted molar refractivity (Wildman–Crippen MR) is 32.4 cm³/mol. The van der Waals surface area contributed by atoms with Gasteiger partial charge in [-0.1, -0.05) is 0 Å². The molecule has 0 bridgehead atoms. The summed E-state index contributed by atoms with van der Waals surface area (Å²) >= 11 is 0. The molecular weight excluding hydrogens is 230 g/mol. The molecule has 0 aromatic carbocycles. The van der Waals surface area contributed by atoms with E-state index in [9.17, 15) is 0 Å². The Balaban J connectivity index is 0. The predicted octanol–water partition coefficient (Wildman–Crippen LogP) is -2.58. The Labute approximate surface area is 59.7 Å². The Hall–Kier alpha value is 1.89. The molecule has 0 rings (SSSR count). The monoisotopic (exact) mass is 242 g/mol. The van der Waals surface area contributed by atoms with Gasteiger partial charge in [0, 0.05) is 21.1 Å². The molecule has 30 valence electrons. The summed E-state index contributed by atoms with van der Waals surface area (Å²) in [6, 6.07) is 0. The summed E-state index contributed by atoms with van der Waals surface area (Å²) < 4.78 is 0. The minimum absolute atomic E-state index is 0. The molecule has 0 aliphatic rings. The van der Waals surface area contributed by atoms with Gasteiger partial charge in [0.15, 0.2) is 0 Å². The zero-order valence-electron chi connectivity index (χ0n) is 1.82. The van der Waals surface area contributed by atoms with Gasteiger partial charge in [0.05, 0.1) is 0 Å². The SMILES string of the molecule is P.[AsH3].[Mo].[SiH4]. The van der Waals surface area contributed by atoms with Gasteiger partial charge in [-0.3, -0.25) is 0 Å². The molecule has 0 amide bonds. The summed E-state index contributed by atoms with van der Waals surface area (Å²) in [5.41, 5.74) is 0. The van der Waals surface area contributed by atoms with Crippen molar-refractivity contribution in [3.8, 4) is 0 Å². The number of rotatable bonds is 0. The first-order chi connectivity index (χ1) is 0. The van der Waals surface area contributed by atoms with Crippen LogP contribution in [-0.2, 0) is 21.1 Å². The molecule has 0 fully saturated rings. The summed E-state index contributed by atoms with van der Waals surface area (Å²) in [7, 11) is 0. The minimum atomic E-state index is 0. The summed E-state index contributed by atoms with van der Waals surface area (Å²) in [4.78, 5) is 0. The van der Waals surface area contributed by atoms with Crippen molar-refractivity contribution in [3.05, 3.63) is 0 Å². The van der Waals surface area contributed by atoms with Crippen molar-refractivity contribution in [3.63, 3.8) is 0 Å². The van der Waals surface area contributed by atoms with Gasteiger partial charge in [0.25, 0.3) is 0 Å². The summed E-state index contributed by atoms with van der Waals surface area (Å²) in [5.74, 6) is 0. The smallest absolute Gasteiger partial charge is 0 e. The average molecular weight is 240 g/mol. The van der Waals surface area contributed by atoms with Crippen LogP contribution in [-0.4, -0.2) is 28.9 Å². The van der Waals surface area contributed by atoms with Crippen molar-refractivity contribution in [1.82, 2.24) is 0 Å². The van der Waals surface area contributed by atoms with Gasteiger partial charge in [0.2, 0.25) is 0 Å². The Bertz CT molecular complexity index is 8.00. The van der Waals surface area contributed by atoms with Crippen LogP contribution >= 0.6 is 9.90 Å². The Morgan fingerprint density at radius 1 is 1.00 bits per heavy atom. The van der Waals surface area contributed by atoms with Crippen LogP contribution in [0.25, 0.3) is 0 Å². The zero-order valence-corrected chi connectivity index (χ0v) is 8.21. The van der Waals surface area contributed by atoms with E-state index in [0.29, 0.717) is 0 Å². The minimum Gasteiger partial charge on any atom is -0.0149 e. The van der Waals surface area contributed by atoms with Crippen LogP contribution in [0.3, 0.4) is 0 Å². The normalized spacial score (nSPS) is 0. The first kappa shape index (κ1) is 39.4. The van der Waals surface area contributed by atoms with Crippen LogP contribution in [0.15, 0.2) is 0 Å². The van der Waals surface area contributed by atoms with Crippen molar-refractivity contribution in [2.24, 2.45) is 0 Å². The van der Waals surface area contributed by atoms with Gasteiger partial charge in [-0.05, 0) is 11.0 Å². The third-order valence-electron chi connectivity index (χ3n) is 0. The molecule has 0 aliphatic carbocycles. The molecule has 4 heteroatoms. The molecule has 0 saturated carbocycles. The number of hydrogen-bond donors (Lipinski definition) is 0. The van der Waals surface area contributed by atoms with Crippen LogP contribution < -0.4 is 0 Å². The fourth-order valence-electron chi connectivity index (χ4n) is 0. The van der Waals surface area contributed by atoms with E-state index in [0.717, 1.165) is 0 Å². The second kappa shape index (κ2) is 20.7. The van der Waals surface area contributed by atoms with E-state index in [-0.39, 0.29) is 59.9 Å². The van der Waals surface area contributed by atoms with Crippen LogP contribution in [0.1, 0.15) is 0 Å². The van der Waals surface area contributed by atoms with Gasteiger partial charge in [-0.15, -0.1) is 0 Å². The maximum absolute atomic E-state index is 0. The Morgan fingerprint density at radius 3 is 1.00 bits per heavy atom. The van der Waals surface area contributed by atoms with Crippen LogP contribution in [0.2, 0.25) is 0 Å². The van der Waals surface area contributed by atoms with Crippen LogP contribution in [0.5, 0.6) is 0 Å². The topological polar surface area (TPSA) is 0 Å². The maximum Gasteiger partial charge on any atom is 0 e. The molecule has 0 heterocycles. The van der Waals surface area contributed by atoms with Crippen molar-refractivity contribution in [1.29, 1.82) is 0 Å². The van der Waals surface area contributed by atoms with E-state index in [1.807, 2.05) is 0 Å². The second-order valence-corrected chi connectivity index (χ2v) is 0. The third-order valence-corrected chi connectivity index (χ3v) is 0. The van der Waals surface area contributed by atoms with Crippen molar-refractivity contribution in [2.75, 3.05) is 0 Å². The van der Waals surface area contributed by atoms with Crippen molar-refractivity contribution < 1.29 is 21.1 Å². The molecule has 0 nitrogen and oxygen atoms in total. The van der Waals surface area contributed by atoms with E-state index in [1.54, 1.807) is 0 Å². The molecular formula is H10AsMoPSi. The van der Waals surface area contributed by atoms with Gasteiger partial charge >= 0.3 is 18.0 Å². The summed E-state index contributed by atoms with van der Waals surface area (Å²) in [6.45, 7) is 0. The molecule has 2 unspecified atom stereocenters. The Morgan fingerprint density at radius 2 is 1.00 bits per heavy atom. The quantitative estimate of drug-likeness (QED) is 0.322. The maximum atomic E-state index is 0. The van der Waals surface area contributed by atoms with E-state index in [2.05, 4.69) is 0 Å². The van der Waals surface area contributed by atoms with Crippen LogP contribution in [0, 0.1) is 0 Å². The summed E-state index contributed by atoms with van der Waals surface area (Å²) in [6.07, 6.45) is 0. The fourth-order valence-corrected chi connectivity index (χ4v) is 0. The van der Waals surface area contributed by atoms with E-state index < -0.39 is 0 Å². The van der Waals surface area contributed by atoms with E-state index in [4.69, 9.17) is 0 Å².